The highest BCUT2D eigenvalue weighted by Gasteiger charge is 2.22. The Labute approximate surface area is 261 Å². The van der Waals surface area contributed by atoms with Crippen LogP contribution >= 0.6 is 11.3 Å². The van der Waals surface area contributed by atoms with Crippen LogP contribution in [0.4, 0.5) is 0 Å². The lowest BCUT2D eigenvalue weighted by Crippen LogP contribution is -2.37. The summed E-state index contributed by atoms with van der Waals surface area (Å²) >= 11 is 1.81. The highest BCUT2D eigenvalue weighted by Crippen LogP contribution is 2.39. The zero-order valence-corrected chi connectivity index (χ0v) is 24.9. The molecule has 0 aliphatic carbocycles. The summed E-state index contributed by atoms with van der Waals surface area (Å²) in [5.74, 6) is 0. The second-order valence-corrected chi connectivity index (χ2v) is 12.5. The van der Waals surface area contributed by atoms with Crippen LogP contribution in [0, 0.1) is 0 Å². The van der Waals surface area contributed by atoms with E-state index >= 15 is 0 Å². The van der Waals surface area contributed by atoms with Crippen molar-refractivity contribution in [3.8, 4) is 44.5 Å². The summed E-state index contributed by atoms with van der Waals surface area (Å²) in [6.45, 7) is 0.829. The maximum atomic E-state index is 3.66. The quantitative estimate of drug-likeness (QED) is 0.222. The number of fused-ring (bicyclic) bond motifs is 7. The third-order valence-electron chi connectivity index (χ3n) is 9.03. The minimum atomic E-state index is 0.829. The lowest BCUT2D eigenvalue weighted by molar-refractivity contribution is 1.01. The van der Waals surface area contributed by atoms with Crippen molar-refractivity contribution < 1.29 is 0 Å². The summed E-state index contributed by atoms with van der Waals surface area (Å²) in [7, 11) is 2.37. The molecule has 2 aliphatic heterocycles. The highest BCUT2D eigenvalue weighted by molar-refractivity contribution is 7.17. The molecule has 6 aromatic carbocycles. The van der Waals surface area contributed by atoms with Crippen LogP contribution in [0.2, 0.25) is 0 Å². The molecule has 1 radical (unpaired) electrons. The van der Waals surface area contributed by atoms with E-state index in [0.29, 0.717) is 0 Å². The molecule has 44 heavy (non-hydrogen) atoms. The van der Waals surface area contributed by atoms with E-state index in [-0.39, 0.29) is 0 Å². The molecule has 0 bridgehead atoms. The normalized spacial score (nSPS) is 13.0. The number of hydrogen-bond donors (Lipinski definition) is 1. The summed E-state index contributed by atoms with van der Waals surface area (Å²) < 4.78 is 1.33. The number of thiophene rings is 1. The van der Waals surface area contributed by atoms with Gasteiger partial charge in [-0.2, -0.15) is 0 Å². The van der Waals surface area contributed by atoms with Crippen LogP contribution in [-0.4, -0.2) is 13.8 Å². The van der Waals surface area contributed by atoms with Crippen LogP contribution in [0.3, 0.4) is 0 Å². The number of rotatable bonds is 3. The molecule has 1 aromatic heterocycles. The molecule has 205 valence electrons. The minimum Gasteiger partial charge on any atom is -0.381 e. The van der Waals surface area contributed by atoms with Gasteiger partial charge in [0.15, 0.2) is 7.28 Å². The van der Waals surface area contributed by atoms with Crippen molar-refractivity contribution in [3.63, 3.8) is 0 Å². The lowest BCUT2D eigenvalue weighted by Gasteiger charge is -2.19. The summed E-state index contributed by atoms with van der Waals surface area (Å²) in [4.78, 5) is 0. The molecule has 1 N–H and O–H groups in total. The molecule has 0 saturated heterocycles. The van der Waals surface area contributed by atoms with Gasteiger partial charge >= 0.3 is 0 Å². The maximum Gasteiger partial charge on any atom is 0.193 e. The minimum absolute atomic E-state index is 0.829. The van der Waals surface area contributed by atoms with E-state index in [9.17, 15) is 0 Å². The molecule has 2 aliphatic rings. The van der Waals surface area contributed by atoms with Gasteiger partial charge in [-0.25, -0.2) is 0 Å². The molecule has 0 atom stereocenters. The smallest absolute Gasteiger partial charge is 0.193 e. The molecule has 0 fully saturated rings. The SMILES string of the molecule is [B]1c2ccc(-c3ccc(C4=c5ccccc5=CCN4)cc3-c3ccccc3)cc2-c2ccccc2-c2cc3sccc3cc21. The first-order chi connectivity index (χ1) is 21.8. The lowest BCUT2D eigenvalue weighted by atomic mass is 9.61. The first-order valence-corrected chi connectivity index (χ1v) is 16.0. The molecule has 1 nitrogen and oxygen atoms in total. The van der Waals surface area contributed by atoms with Gasteiger partial charge in [-0.15, -0.1) is 11.3 Å². The number of nitrogens with one attached hydrogen (secondary N) is 1. The van der Waals surface area contributed by atoms with Crippen LogP contribution < -0.4 is 26.7 Å². The van der Waals surface area contributed by atoms with E-state index in [1.165, 1.54) is 87.2 Å². The zero-order chi connectivity index (χ0) is 29.0. The van der Waals surface area contributed by atoms with E-state index < -0.39 is 0 Å². The Bertz CT molecular complexity index is 2370. The van der Waals surface area contributed by atoms with E-state index in [4.69, 9.17) is 0 Å². The standard InChI is InChI=1S/C41H27BNS/c1-2-8-26(9-3-1)35-23-30(41-32-11-5-4-10-27(32)18-20-43-41)14-16-31(35)28-15-17-38-36(22-28)33-12-6-7-13-34(33)37-25-40-29(19-21-44-40)24-39(37)42-38/h1-19,21-25,43H,20H2. The Kier molecular flexibility index (Phi) is 5.92. The average molecular weight is 577 g/mol. The largest absolute Gasteiger partial charge is 0.381 e. The average Bonchev–Trinajstić information content (AvgIpc) is 3.50. The maximum absolute atomic E-state index is 3.66. The second kappa shape index (κ2) is 10.3. The van der Waals surface area contributed by atoms with Crippen LogP contribution in [0.1, 0.15) is 5.56 Å². The van der Waals surface area contributed by atoms with Crippen molar-refractivity contribution in [2.75, 3.05) is 6.54 Å². The molecule has 3 heterocycles. The zero-order valence-electron chi connectivity index (χ0n) is 24.0. The van der Waals surface area contributed by atoms with Gasteiger partial charge in [0.25, 0.3) is 0 Å². The van der Waals surface area contributed by atoms with Gasteiger partial charge in [0.05, 0.1) is 0 Å². The molecular formula is C41H27BNS. The van der Waals surface area contributed by atoms with Crippen LogP contribution in [0.25, 0.3) is 66.4 Å². The first kappa shape index (κ1) is 25.4. The Morgan fingerprint density at radius 1 is 0.523 bits per heavy atom. The molecule has 3 heteroatoms. The first-order valence-electron chi connectivity index (χ1n) is 15.1. The van der Waals surface area contributed by atoms with Crippen molar-refractivity contribution in [2.24, 2.45) is 0 Å². The van der Waals surface area contributed by atoms with Gasteiger partial charge in [0.2, 0.25) is 0 Å². The summed E-state index contributed by atoms with van der Waals surface area (Å²) in [6, 6.07) is 49.2. The van der Waals surface area contributed by atoms with Gasteiger partial charge in [-0.1, -0.05) is 126 Å². The third-order valence-corrected chi connectivity index (χ3v) is 9.91. The fourth-order valence-corrected chi connectivity index (χ4v) is 7.72. The summed E-state index contributed by atoms with van der Waals surface area (Å²) in [6.07, 6.45) is 2.26. The van der Waals surface area contributed by atoms with Gasteiger partial charge in [0, 0.05) is 22.2 Å². The number of hydrogen-bond acceptors (Lipinski definition) is 2. The van der Waals surface area contributed by atoms with Gasteiger partial charge in [-0.05, 0) is 90.3 Å². The molecule has 0 unspecified atom stereocenters. The van der Waals surface area contributed by atoms with E-state index in [1.54, 1.807) is 0 Å². The molecule has 9 rings (SSSR count). The van der Waals surface area contributed by atoms with Crippen LogP contribution in [-0.2, 0) is 0 Å². The van der Waals surface area contributed by atoms with Crippen molar-refractivity contribution >= 4 is 51.4 Å². The fourth-order valence-electron chi connectivity index (χ4n) is 6.91. The van der Waals surface area contributed by atoms with Gasteiger partial charge in [0.1, 0.15) is 0 Å². The molecule has 0 amide bonds. The Morgan fingerprint density at radius 3 is 2.16 bits per heavy atom. The van der Waals surface area contributed by atoms with Crippen molar-refractivity contribution in [1.82, 2.24) is 5.32 Å². The Balaban J connectivity index is 1.24. The van der Waals surface area contributed by atoms with Crippen molar-refractivity contribution in [3.05, 3.63) is 155 Å². The van der Waals surface area contributed by atoms with E-state index in [2.05, 4.69) is 158 Å². The number of benzene rings is 6. The Hall–Kier alpha value is -5.12. The van der Waals surface area contributed by atoms with Crippen molar-refractivity contribution in [2.45, 2.75) is 0 Å². The van der Waals surface area contributed by atoms with Gasteiger partial charge in [-0.3, -0.25) is 0 Å². The fraction of sp³-hybridized carbons (Fsp3) is 0.0244. The van der Waals surface area contributed by atoms with E-state index in [0.717, 1.165) is 6.54 Å². The Morgan fingerprint density at radius 2 is 1.27 bits per heavy atom. The third kappa shape index (κ3) is 4.16. The summed E-state index contributed by atoms with van der Waals surface area (Å²) in [5, 5.41) is 9.69. The van der Waals surface area contributed by atoms with Crippen molar-refractivity contribution in [1.29, 1.82) is 0 Å². The van der Waals surface area contributed by atoms with Gasteiger partial charge < -0.3 is 5.32 Å². The van der Waals surface area contributed by atoms with Crippen LogP contribution in [0.5, 0.6) is 0 Å². The molecule has 7 aromatic rings. The summed E-state index contributed by atoms with van der Waals surface area (Å²) in [5.41, 5.74) is 15.0. The predicted molar refractivity (Wildman–Crippen MR) is 189 cm³/mol. The highest BCUT2D eigenvalue weighted by atomic mass is 32.1. The van der Waals surface area contributed by atoms with Crippen LogP contribution in [0.15, 0.2) is 139 Å². The van der Waals surface area contributed by atoms with E-state index in [1.807, 2.05) is 11.3 Å². The molecule has 0 spiro atoms. The molecule has 0 saturated carbocycles. The molecular weight excluding hydrogens is 549 g/mol. The predicted octanol–water partition coefficient (Wildman–Crippen LogP) is 7.08. The monoisotopic (exact) mass is 576 g/mol. The second-order valence-electron chi connectivity index (χ2n) is 11.6. The topological polar surface area (TPSA) is 12.0 Å².